The largest absolute Gasteiger partial charge is 0.417 e. The van der Waals surface area contributed by atoms with Gasteiger partial charge in [-0.3, -0.25) is 4.79 Å². The maximum absolute atomic E-state index is 12.9. The van der Waals surface area contributed by atoms with E-state index in [2.05, 4.69) is 4.98 Å². The molecule has 0 spiro atoms. The number of halogens is 4. The van der Waals surface area contributed by atoms with Crippen LogP contribution in [-0.4, -0.2) is 9.55 Å². The van der Waals surface area contributed by atoms with Crippen molar-refractivity contribution < 1.29 is 13.2 Å². The van der Waals surface area contributed by atoms with Gasteiger partial charge in [-0.15, -0.1) is 11.3 Å². The fraction of sp³-hybridized carbons (Fsp3) is 0.176. The average Bonchev–Trinajstić information content (AvgIpc) is 2.98. The lowest BCUT2D eigenvalue weighted by Crippen LogP contribution is -2.23. The topological polar surface area (TPSA) is 34.9 Å². The Hall–Kier alpha value is -2.12. The first-order valence-corrected chi connectivity index (χ1v) is 8.53. The molecule has 0 radical (unpaired) electrons. The van der Waals surface area contributed by atoms with E-state index in [1.54, 1.807) is 5.38 Å². The molecule has 2 aromatic heterocycles. The summed E-state index contributed by atoms with van der Waals surface area (Å²) < 4.78 is 39.6. The Labute approximate surface area is 150 Å². The quantitative estimate of drug-likeness (QED) is 0.658. The molecule has 0 aliphatic carbocycles. The minimum Gasteiger partial charge on any atom is -0.308 e. The summed E-state index contributed by atoms with van der Waals surface area (Å²) in [6.07, 6.45) is -3.17. The third kappa shape index (κ3) is 4.29. The van der Waals surface area contributed by atoms with Crippen LogP contribution >= 0.6 is 22.9 Å². The average molecular weight is 385 g/mol. The molecule has 25 heavy (non-hydrogen) atoms. The highest BCUT2D eigenvalue weighted by Gasteiger charge is 2.32. The molecule has 0 atom stereocenters. The first-order valence-electron chi connectivity index (χ1n) is 7.27. The van der Waals surface area contributed by atoms with Crippen LogP contribution in [0.25, 0.3) is 0 Å². The number of aromatic nitrogens is 2. The van der Waals surface area contributed by atoms with Crippen LogP contribution in [0.1, 0.15) is 21.8 Å². The van der Waals surface area contributed by atoms with E-state index in [0.29, 0.717) is 18.2 Å². The van der Waals surface area contributed by atoms with Gasteiger partial charge in [0, 0.05) is 18.0 Å². The predicted octanol–water partition coefficient (Wildman–Crippen LogP) is 4.62. The molecule has 0 saturated heterocycles. The van der Waals surface area contributed by atoms with Gasteiger partial charge in [-0.05, 0) is 11.6 Å². The number of nitrogens with zero attached hydrogens (tertiary/aromatic N) is 2. The zero-order valence-corrected chi connectivity index (χ0v) is 14.3. The molecule has 0 bridgehead atoms. The number of pyridine rings is 1. The van der Waals surface area contributed by atoms with Crippen LogP contribution in [0.5, 0.6) is 0 Å². The van der Waals surface area contributed by atoms with Crippen molar-refractivity contribution in [2.45, 2.75) is 19.1 Å². The smallest absolute Gasteiger partial charge is 0.308 e. The standard InChI is InChI=1S/C17H12ClF3N2OS/c18-14-7-12(17(19,20)21)8-23(16(14)24)9-13-10-25-15(22-13)6-11-4-2-1-3-5-11/h1-5,7-8,10H,6,9H2. The van der Waals surface area contributed by atoms with Gasteiger partial charge in [-0.2, -0.15) is 13.2 Å². The van der Waals surface area contributed by atoms with E-state index < -0.39 is 22.3 Å². The Bertz CT molecular complexity index is 935. The molecular weight excluding hydrogens is 373 g/mol. The lowest BCUT2D eigenvalue weighted by Gasteiger charge is -2.10. The number of alkyl halides is 3. The summed E-state index contributed by atoms with van der Waals surface area (Å²) in [6, 6.07) is 10.3. The first kappa shape index (κ1) is 17.7. The molecule has 0 saturated carbocycles. The lowest BCUT2D eigenvalue weighted by molar-refractivity contribution is -0.138. The van der Waals surface area contributed by atoms with E-state index in [0.717, 1.165) is 21.3 Å². The molecule has 3 aromatic rings. The third-order valence-corrected chi connectivity index (χ3v) is 4.67. The van der Waals surface area contributed by atoms with E-state index in [4.69, 9.17) is 11.6 Å². The molecule has 1 aromatic carbocycles. The maximum Gasteiger partial charge on any atom is 0.417 e. The Morgan fingerprint density at radius 1 is 1.20 bits per heavy atom. The fourth-order valence-corrected chi connectivity index (χ4v) is 3.36. The SMILES string of the molecule is O=c1c(Cl)cc(C(F)(F)F)cn1Cc1csc(Cc2ccccc2)n1. The van der Waals surface area contributed by atoms with Crippen LogP contribution < -0.4 is 5.56 Å². The summed E-state index contributed by atoms with van der Waals surface area (Å²) in [5, 5.41) is 2.10. The van der Waals surface area contributed by atoms with Crippen molar-refractivity contribution in [3.63, 3.8) is 0 Å². The van der Waals surface area contributed by atoms with Gasteiger partial charge >= 0.3 is 6.18 Å². The van der Waals surface area contributed by atoms with E-state index in [9.17, 15) is 18.0 Å². The second kappa shape index (κ2) is 7.01. The second-order valence-corrected chi connectivity index (χ2v) is 6.75. The maximum atomic E-state index is 12.9. The highest BCUT2D eigenvalue weighted by atomic mass is 35.5. The Balaban J connectivity index is 1.84. The highest BCUT2D eigenvalue weighted by Crippen LogP contribution is 2.29. The number of hydrogen-bond donors (Lipinski definition) is 0. The zero-order valence-electron chi connectivity index (χ0n) is 12.8. The number of hydrogen-bond acceptors (Lipinski definition) is 3. The van der Waals surface area contributed by atoms with Crippen LogP contribution in [0.2, 0.25) is 5.02 Å². The van der Waals surface area contributed by atoms with Gasteiger partial charge in [0.15, 0.2) is 0 Å². The van der Waals surface area contributed by atoms with Gasteiger partial charge < -0.3 is 4.57 Å². The summed E-state index contributed by atoms with van der Waals surface area (Å²) in [5.74, 6) is 0. The summed E-state index contributed by atoms with van der Waals surface area (Å²) in [5.41, 5.74) is -0.0276. The molecule has 0 aliphatic heterocycles. The number of benzene rings is 1. The molecule has 0 aliphatic rings. The summed E-state index contributed by atoms with van der Waals surface area (Å²) in [6.45, 7) is -0.0617. The normalized spacial score (nSPS) is 11.7. The summed E-state index contributed by atoms with van der Waals surface area (Å²) in [4.78, 5) is 16.4. The summed E-state index contributed by atoms with van der Waals surface area (Å²) >= 11 is 7.05. The van der Waals surface area contributed by atoms with Crippen molar-refractivity contribution in [2.75, 3.05) is 0 Å². The van der Waals surface area contributed by atoms with Crippen LogP contribution in [0.15, 0.2) is 52.8 Å². The third-order valence-electron chi connectivity index (χ3n) is 3.50. The van der Waals surface area contributed by atoms with Gasteiger partial charge in [0.2, 0.25) is 0 Å². The molecule has 8 heteroatoms. The summed E-state index contributed by atoms with van der Waals surface area (Å²) in [7, 11) is 0. The molecule has 3 nitrogen and oxygen atoms in total. The minimum atomic E-state index is -4.57. The fourth-order valence-electron chi connectivity index (χ4n) is 2.32. The van der Waals surface area contributed by atoms with Gasteiger partial charge in [0.05, 0.1) is 22.8 Å². The van der Waals surface area contributed by atoms with Crippen molar-refractivity contribution in [3.05, 3.63) is 85.2 Å². The Morgan fingerprint density at radius 3 is 2.60 bits per heavy atom. The van der Waals surface area contributed by atoms with Crippen molar-refractivity contribution >= 4 is 22.9 Å². The van der Waals surface area contributed by atoms with Gasteiger partial charge in [0.1, 0.15) is 5.02 Å². The van der Waals surface area contributed by atoms with Crippen molar-refractivity contribution in [2.24, 2.45) is 0 Å². The molecule has 0 fully saturated rings. The van der Waals surface area contributed by atoms with E-state index in [1.165, 1.54) is 11.3 Å². The molecule has 0 N–H and O–H groups in total. The monoisotopic (exact) mass is 384 g/mol. The molecule has 0 unspecified atom stereocenters. The van der Waals surface area contributed by atoms with E-state index in [-0.39, 0.29) is 6.54 Å². The molecule has 0 amide bonds. The van der Waals surface area contributed by atoms with Gasteiger partial charge in [-0.25, -0.2) is 4.98 Å². The van der Waals surface area contributed by atoms with Crippen LogP contribution in [0.4, 0.5) is 13.2 Å². The van der Waals surface area contributed by atoms with Gasteiger partial charge in [0.25, 0.3) is 5.56 Å². The Morgan fingerprint density at radius 2 is 1.92 bits per heavy atom. The molecule has 2 heterocycles. The van der Waals surface area contributed by atoms with Crippen LogP contribution in [0, 0.1) is 0 Å². The molecule has 3 rings (SSSR count). The molecular formula is C17H12ClF3N2OS. The van der Waals surface area contributed by atoms with Crippen molar-refractivity contribution in [3.8, 4) is 0 Å². The lowest BCUT2D eigenvalue weighted by atomic mass is 10.2. The second-order valence-electron chi connectivity index (χ2n) is 5.40. The van der Waals surface area contributed by atoms with E-state index >= 15 is 0 Å². The zero-order chi connectivity index (χ0) is 18.0. The minimum absolute atomic E-state index is 0.0617. The number of thiazole rings is 1. The Kier molecular flexibility index (Phi) is 4.96. The van der Waals surface area contributed by atoms with Gasteiger partial charge in [-0.1, -0.05) is 41.9 Å². The first-order chi connectivity index (χ1) is 11.8. The molecule has 130 valence electrons. The highest BCUT2D eigenvalue weighted by molar-refractivity contribution is 7.09. The van der Waals surface area contributed by atoms with Crippen LogP contribution in [-0.2, 0) is 19.1 Å². The van der Waals surface area contributed by atoms with Crippen LogP contribution in [0.3, 0.4) is 0 Å². The van der Waals surface area contributed by atoms with Crippen molar-refractivity contribution in [1.29, 1.82) is 0 Å². The number of rotatable bonds is 4. The predicted molar refractivity (Wildman–Crippen MR) is 91.2 cm³/mol. The van der Waals surface area contributed by atoms with E-state index in [1.807, 2.05) is 30.3 Å². The van der Waals surface area contributed by atoms with Crippen molar-refractivity contribution in [1.82, 2.24) is 9.55 Å².